The molecule has 5 aliphatic rings. The lowest BCUT2D eigenvalue weighted by molar-refractivity contribution is -0.123. The average Bonchev–Trinajstić information content (AvgIpc) is 2.95. The molecule has 1 aromatic carbocycles. The summed E-state index contributed by atoms with van der Waals surface area (Å²) in [7, 11) is 0. The number of anilines is 2. The van der Waals surface area contributed by atoms with Crippen molar-refractivity contribution in [2.24, 2.45) is 17.3 Å². The van der Waals surface area contributed by atoms with Crippen LogP contribution in [0, 0.1) is 17.3 Å². The number of hydrogen-bond acceptors (Lipinski definition) is 2. The van der Waals surface area contributed by atoms with Gasteiger partial charge in [0.2, 0.25) is 11.8 Å². The molecule has 1 aliphatic heterocycles. The number of hydrogen-bond donors (Lipinski definition) is 1. The van der Waals surface area contributed by atoms with E-state index in [-0.39, 0.29) is 17.2 Å². The maximum absolute atomic E-state index is 12.9. The lowest BCUT2D eigenvalue weighted by Crippen LogP contribution is -2.53. The molecule has 0 radical (unpaired) electrons. The van der Waals surface area contributed by atoms with E-state index in [0.717, 1.165) is 48.2 Å². The van der Waals surface area contributed by atoms with Crippen LogP contribution in [-0.4, -0.2) is 22.7 Å². The largest absolute Gasteiger partial charge is 0.326 e. The number of fused-ring (bicyclic) bond motifs is 1. The third-order valence-corrected chi connectivity index (χ3v) is 8.21. The summed E-state index contributed by atoms with van der Waals surface area (Å²) in [5, 5.41) is 3.15. The number of nitrogens with one attached hydrogen (secondary N) is 1. The van der Waals surface area contributed by atoms with E-state index < -0.39 is 0 Å². The van der Waals surface area contributed by atoms with Crippen molar-refractivity contribution in [1.29, 1.82) is 0 Å². The van der Waals surface area contributed by atoms with Crippen LogP contribution in [0.1, 0.15) is 57.4 Å². The summed E-state index contributed by atoms with van der Waals surface area (Å²) in [5.41, 5.74) is 3.20. The van der Waals surface area contributed by atoms with Crippen molar-refractivity contribution in [2.75, 3.05) is 16.8 Å². The number of alkyl halides is 1. The predicted octanol–water partition coefficient (Wildman–Crippen LogP) is 4.66. The third-order valence-electron chi connectivity index (χ3n) is 7.29. The van der Waals surface area contributed by atoms with Gasteiger partial charge in [-0.15, -0.1) is 0 Å². The third kappa shape index (κ3) is 3.12. The molecule has 4 aliphatic carbocycles. The second kappa shape index (κ2) is 6.07. The fraction of sp³-hybridized carbons (Fsp3) is 0.636. The standard InChI is InChI=1S/C22H27BrN2O2/c1-14(26)25-5-4-17-7-18(2-3-19(17)25)24-20(27)12-21-8-15-6-16(9-21)11-22(23,10-15)13-21/h2-3,7,15-16H,4-6,8-13H2,1H3,(H,24,27). The monoisotopic (exact) mass is 430 g/mol. The Morgan fingerprint density at radius 3 is 2.63 bits per heavy atom. The number of rotatable bonds is 3. The van der Waals surface area contributed by atoms with Gasteiger partial charge in [-0.25, -0.2) is 0 Å². The van der Waals surface area contributed by atoms with Crippen LogP contribution < -0.4 is 10.2 Å². The quantitative estimate of drug-likeness (QED) is 0.708. The molecule has 0 saturated heterocycles. The van der Waals surface area contributed by atoms with Gasteiger partial charge in [0, 0.05) is 35.6 Å². The molecule has 2 unspecified atom stereocenters. The Balaban J connectivity index is 1.29. The molecule has 144 valence electrons. The second-order valence-corrected chi connectivity index (χ2v) is 11.3. The topological polar surface area (TPSA) is 49.4 Å². The fourth-order valence-electron chi connectivity index (χ4n) is 6.90. The van der Waals surface area contributed by atoms with Crippen LogP contribution in [-0.2, 0) is 16.0 Å². The number of carbonyl (C=O) groups excluding carboxylic acids is 2. The Labute approximate surface area is 169 Å². The summed E-state index contributed by atoms with van der Waals surface area (Å²) in [6, 6.07) is 5.95. The Hall–Kier alpha value is -1.36. The first kappa shape index (κ1) is 17.7. The second-order valence-electron chi connectivity index (χ2n) is 9.60. The van der Waals surface area contributed by atoms with Gasteiger partial charge in [-0.05, 0) is 86.0 Å². The SMILES string of the molecule is CC(=O)N1CCc2cc(NC(=O)CC34CC5CC(CC(Br)(C5)C3)C4)ccc21. The maximum Gasteiger partial charge on any atom is 0.224 e. The van der Waals surface area contributed by atoms with Gasteiger partial charge in [-0.1, -0.05) is 15.9 Å². The van der Waals surface area contributed by atoms with E-state index in [4.69, 9.17) is 0 Å². The van der Waals surface area contributed by atoms with Gasteiger partial charge in [0.25, 0.3) is 0 Å². The molecule has 2 amide bonds. The molecule has 0 aromatic heterocycles. The van der Waals surface area contributed by atoms with Gasteiger partial charge in [-0.2, -0.15) is 0 Å². The molecular weight excluding hydrogens is 404 g/mol. The van der Waals surface area contributed by atoms with Crippen molar-refractivity contribution < 1.29 is 9.59 Å². The summed E-state index contributed by atoms with van der Waals surface area (Å²) in [6.45, 7) is 2.34. The van der Waals surface area contributed by atoms with Crippen molar-refractivity contribution in [3.63, 3.8) is 0 Å². The van der Waals surface area contributed by atoms with Gasteiger partial charge in [0.1, 0.15) is 0 Å². The molecule has 1 aromatic rings. The minimum atomic E-state index is 0.0797. The molecule has 5 heteroatoms. The maximum atomic E-state index is 12.9. The first-order chi connectivity index (χ1) is 12.8. The summed E-state index contributed by atoms with van der Waals surface area (Å²) < 4.78 is 0.293. The Morgan fingerprint density at radius 2 is 1.96 bits per heavy atom. The Kier molecular flexibility index (Phi) is 3.98. The van der Waals surface area contributed by atoms with Crippen molar-refractivity contribution in [3.8, 4) is 0 Å². The summed E-state index contributed by atoms with van der Waals surface area (Å²) in [6.07, 6.45) is 9.06. The van der Waals surface area contributed by atoms with Gasteiger partial charge in [0.05, 0.1) is 0 Å². The molecule has 4 saturated carbocycles. The van der Waals surface area contributed by atoms with E-state index in [1.807, 2.05) is 23.1 Å². The number of benzene rings is 1. The Bertz CT molecular complexity index is 807. The van der Waals surface area contributed by atoms with E-state index >= 15 is 0 Å². The van der Waals surface area contributed by atoms with Gasteiger partial charge in [-0.3, -0.25) is 9.59 Å². The zero-order valence-corrected chi connectivity index (χ0v) is 17.5. The first-order valence-electron chi connectivity index (χ1n) is 10.2. The average molecular weight is 431 g/mol. The molecule has 0 spiro atoms. The summed E-state index contributed by atoms with van der Waals surface area (Å²) in [5.74, 6) is 1.83. The van der Waals surface area contributed by atoms with Crippen LogP contribution in [0.5, 0.6) is 0 Å². The van der Waals surface area contributed by atoms with E-state index in [2.05, 4.69) is 21.2 Å². The van der Waals surface area contributed by atoms with E-state index in [1.165, 1.54) is 32.1 Å². The summed E-state index contributed by atoms with van der Waals surface area (Å²) in [4.78, 5) is 26.4. The number of amides is 2. The van der Waals surface area contributed by atoms with Gasteiger partial charge >= 0.3 is 0 Å². The summed E-state index contributed by atoms with van der Waals surface area (Å²) >= 11 is 4.04. The zero-order valence-electron chi connectivity index (χ0n) is 15.9. The normalized spacial score (nSPS) is 36.0. The van der Waals surface area contributed by atoms with Crippen molar-refractivity contribution in [3.05, 3.63) is 23.8 Å². The molecule has 4 nitrogen and oxygen atoms in total. The number of halogens is 1. The van der Waals surface area contributed by atoms with Crippen LogP contribution in [0.3, 0.4) is 0 Å². The molecule has 6 rings (SSSR count). The molecule has 2 atom stereocenters. The van der Waals surface area contributed by atoms with Crippen molar-refractivity contribution >= 4 is 39.1 Å². The highest BCUT2D eigenvalue weighted by Gasteiger charge is 2.57. The highest BCUT2D eigenvalue weighted by atomic mass is 79.9. The van der Waals surface area contributed by atoms with Crippen molar-refractivity contribution in [1.82, 2.24) is 0 Å². The molecule has 4 bridgehead atoms. The fourth-order valence-corrected chi connectivity index (χ4v) is 8.41. The smallest absolute Gasteiger partial charge is 0.224 e. The van der Waals surface area contributed by atoms with Crippen LogP contribution in [0.4, 0.5) is 11.4 Å². The highest BCUT2D eigenvalue weighted by molar-refractivity contribution is 9.10. The van der Waals surface area contributed by atoms with E-state index in [9.17, 15) is 9.59 Å². The minimum absolute atomic E-state index is 0.0797. The van der Waals surface area contributed by atoms with E-state index in [0.29, 0.717) is 10.7 Å². The minimum Gasteiger partial charge on any atom is -0.326 e. The highest BCUT2D eigenvalue weighted by Crippen LogP contribution is 2.65. The lowest BCUT2D eigenvalue weighted by Gasteiger charge is -2.60. The van der Waals surface area contributed by atoms with Crippen LogP contribution >= 0.6 is 15.9 Å². The lowest BCUT2D eigenvalue weighted by atomic mass is 9.48. The van der Waals surface area contributed by atoms with Crippen LogP contribution in [0.15, 0.2) is 18.2 Å². The first-order valence-corrected chi connectivity index (χ1v) is 11.0. The molecular formula is C22H27BrN2O2. The van der Waals surface area contributed by atoms with E-state index in [1.54, 1.807) is 6.92 Å². The zero-order chi connectivity index (χ0) is 18.8. The number of nitrogens with zero attached hydrogens (tertiary/aromatic N) is 1. The molecule has 1 N–H and O–H groups in total. The molecule has 27 heavy (non-hydrogen) atoms. The van der Waals surface area contributed by atoms with Gasteiger partial charge < -0.3 is 10.2 Å². The Morgan fingerprint density at radius 1 is 1.22 bits per heavy atom. The van der Waals surface area contributed by atoms with Gasteiger partial charge in [0.15, 0.2) is 0 Å². The molecule has 4 fully saturated rings. The predicted molar refractivity (Wildman–Crippen MR) is 110 cm³/mol. The van der Waals surface area contributed by atoms with Crippen molar-refractivity contribution in [2.45, 2.75) is 62.6 Å². The van der Waals surface area contributed by atoms with Crippen LogP contribution in [0.2, 0.25) is 0 Å². The molecule has 1 heterocycles. The number of carbonyl (C=O) groups is 2. The van der Waals surface area contributed by atoms with Crippen LogP contribution in [0.25, 0.3) is 0 Å².